The van der Waals surface area contributed by atoms with Crippen molar-refractivity contribution in [2.24, 2.45) is 5.92 Å². The van der Waals surface area contributed by atoms with Crippen molar-refractivity contribution >= 4 is 11.9 Å². The number of aliphatic carboxylic acids is 1. The number of carboxylic acids is 1. The van der Waals surface area contributed by atoms with Crippen LogP contribution in [0.15, 0.2) is 25.3 Å². The average molecular weight is 251 g/mol. The van der Waals surface area contributed by atoms with Crippen molar-refractivity contribution < 1.29 is 14.7 Å². The van der Waals surface area contributed by atoms with Gasteiger partial charge in [0.05, 0.1) is 12.0 Å². The molecular formula is C14H21NO3. The molecule has 0 atom stereocenters. The first-order chi connectivity index (χ1) is 8.53. The number of nitrogens with one attached hydrogen (secondary N) is 1. The standard InChI is InChI=1S/C14H21NO3/c1-3-6-11(7-4-2)13(18)15-14(8-5-9-14)10-12(16)17/h3-4,11H,1-2,5-10H2,(H,15,18)(H,16,17). The second kappa shape index (κ2) is 6.38. The Morgan fingerprint density at radius 2 is 1.83 bits per heavy atom. The number of carbonyl (C=O) groups is 2. The number of allylic oxidation sites excluding steroid dienone is 2. The molecule has 2 N–H and O–H groups in total. The van der Waals surface area contributed by atoms with Gasteiger partial charge in [-0.15, -0.1) is 13.2 Å². The van der Waals surface area contributed by atoms with E-state index in [9.17, 15) is 9.59 Å². The van der Waals surface area contributed by atoms with Crippen molar-refractivity contribution in [1.29, 1.82) is 0 Å². The molecule has 0 bridgehead atoms. The molecule has 0 aromatic rings. The zero-order valence-electron chi connectivity index (χ0n) is 10.7. The van der Waals surface area contributed by atoms with Gasteiger partial charge in [0.2, 0.25) is 5.91 Å². The number of hydrogen-bond donors (Lipinski definition) is 2. The predicted molar refractivity (Wildman–Crippen MR) is 70.1 cm³/mol. The predicted octanol–water partition coefficient (Wildman–Crippen LogP) is 2.27. The van der Waals surface area contributed by atoms with Crippen LogP contribution in [0.4, 0.5) is 0 Å². The Balaban J connectivity index is 2.62. The van der Waals surface area contributed by atoms with Crippen molar-refractivity contribution in [2.75, 3.05) is 0 Å². The summed E-state index contributed by atoms with van der Waals surface area (Å²) in [4.78, 5) is 22.9. The molecule has 1 aliphatic carbocycles. The van der Waals surface area contributed by atoms with Crippen LogP contribution in [0.3, 0.4) is 0 Å². The maximum Gasteiger partial charge on any atom is 0.305 e. The van der Waals surface area contributed by atoms with Gasteiger partial charge in [-0.3, -0.25) is 9.59 Å². The molecule has 0 saturated heterocycles. The topological polar surface area (TPSA) is 66.4 Å². The maximum atomic E-state index is 12.1. The molecule has 0 aromatic carbocycles. The van der Waals surface area contributed by atoms with Gasteiger partial charge in [0, 0.05) is 5.92 Å². The van der Waals surface area contributed by atoms with E-state index in [4.69, 9.17) is 5.11 Å². The molecule has 1 fully saturated rings. The molecule has 1 saturated carbocycles. The third-order valence-electron chi connectivity index (χ3n) is 3.46. The van der Waals surface area contributed by atoms with Crippen LogP contribution in [0.1, 0.15) is 38.5 Å². The highest BCUT2D eigenvalue weighted by atomic mass is 16.4. The molecule has 4 nitrogen and oxygen atoms in total. The van der Waals surface area contributed by atoms with E-state index in [1.165, 1.54) is 0 Å². The highest BCUT2D eigenvalue weighted by molar-refractivity contribution is 5.81. The Labute approximate surface area is 108 Å². The molecule has 1 rings (SSSR count). The molecular weight excluding hydrogens is 230 g/mol. The molecule has 0 heterocycles. The zero-order valence-corrected chi connectivity index (χ0v) is 10.7. The second-order valence-corrected chi connectivity index (χ2v) is 4.94. The molecule has 0 unspecified atom stereocenters. The lowest BCUT2D eigenvalue weighted by atomic mass is 9.74. The summed E-state index contributed by atoms with van der Waals surface area (Å²) < 4.78 is 0. The van der Waals surface area contributed by atoms with Crippen LogP contribution >= 0.6 is 0 Å². The number of amides is 1. The molecule has 1 aliphatic rings. The molecule has 0 aromatic heterocycles. The van der Waals surface area contributed by atoms with E-state index in [1.807, 2.05) is 0 Å². The minimum atomic E-state index is -0.862. The lowest BCUT2D eigenvalue weighted by molar-refractivity contribution is -0.140. The fraction of sp³-hybridized carbons (Fsp3) is 0.571. The summed E-state index contributed by atoms with van der Waals surface area (Å²) in [6.45, 7) is 7.27. The third kappa shape index (κ3) is 3.72. The van der Waals surface area contributed by atoms with Gasteiger partial charge in [-0.25, -0.2) is 0 Å². The average Bonchev–Trinajstić information content (AvgIpc) is 2.25. The van der Waals surface area contributed by atoms with Gasteiger partial charge in [0.15, 0.2) is 0 Å². The van der Waals surface area contributed by atoms with Crippen molar-refractivity contribution in [2.45, 2.75) is 44.1 Å². The summed E-state index contributed by atoms with van der Waals surface area (Å²) in [6, 6.07) is 0. The Morgan fingerprint density at radius 3 is 2.17 bits per heavy atom. The van der Waals surface area contributed by atoms with E-state index in [0.717, 1.165) is 19.3 Å². The first-order valence-electron chi connectivity index (χ1n) is 6.28. The quantitative estimate of drug-likeness (QED) is 0.650. The van der Waals surface area contributed by atoms with Gasteiger partial charge in [-0.2, -0.15) is 0 Å². The van der Waals surface area contributed by atoms with Crippen LogP contribution in [0.2, 0.25) is 0 Å². The molecule has 1 amide bonds. The SMILES string of the molecule is C=CCC(CC=C)C(=O)NC1(CC(=O)O)CCC1. The summed E-state index contributed by atoms with van der Waals surface area (Å²) in [5.74, 6) is -1.14. The Hall–Kier alpha value is -1.58. The first kappa shape index (κ1) is 14.5. The highest BCUT2D eigenvalue weighted by Gasteiger charge is 2.41. The van der Waals surface area contributed by atoms with Crippen LogP contribution in [0, 0.1) is 5.92 Å². The van der Waals surface area contributed by atoms with E-state index in [1.54, 1.807) is 12.2 Å². The number of carboxylic acid groups (broad SMARTS) is 1. The van der Waals surface area contributed by atoms with Gasteiger partial charge < -0.3 is 10.4 Å². The molecule has 0 aliphatic heterocycles. The fourth-order valence-corrected chi connectivity index (χ4v) is 2.32. The number of carbonyl (C=O) groups excluding carboxylic acids is 1. The smallest absolute Gasteiger partial charge is 0.305 e. The Morgan fingerprint density at radius 1 is 1.28 bits per heavy atom. The van der Waals surface area contributed by atoms with Crippen LogP contribution < -0.4 is 5.32 Å². The van der Waals surface area contributed by atoms with Gasteiger partial charge in [-0.1, -0.05) is 12.2 Å². The van der Waals surface area contributed by atoms with Crippen molar-refractivity contribution in [3.8, 4) is 0 Å². The van der Waals surface area contributed by atoms with Crippen molar-refractivity contribution in [3.05, 3.63) is 25.3 Å². The fourth-order valence-electron chi connectivity index (χ4n) is 2.32. The molecule has 0 spiro atoms. The van der Waals surface area contributed by atoms with E-state index < -0.39 is 11.5 Å². The monoisotopic (exact) mass is 251 g/mol. The second-order valence-electron chi connectivity index (χ2n) is 4.94. The lowest BCUT2D eigenvalue weighted by Gasteiger charge is -2.42. The first-order valence-corrected chi connectivity index (χ1v) is 6.28. The van der Waals surface area contributed by atoms with E-state index in [-0.39, 0.29) is 18.2 Å². The molecule has 100 valence electrons. The van der Waals surface area contributed by atoms with E-state index in [2.05, 4.69) is 18.5 Å². The molecule has 0 radical (unpaired) electrons. The van der Waals surface area contributed by atoms with Crippen LogP contribution in [0.25, 0.3) is 0 Å². The summed E-state index contributed by atoms with van der Waals surface area (Å²) in [5, 5.41) is 11.8. The number of hydrogen-bond acceptors (Lipinski definition) is 2. The van der Waals surface area contributed by atoms with Gasteiger partial charge >= 0.3 is 5.97 Å². The summed E-state index contributed by atoms with van der Waals surface area (Å²) in [6.07, 6.45) is 7.06. The van der Waals surface area contributed by atoms with Crippen LogP contribution in [-0.4, -0.2) is 22.5 Å². The maximum absolute atomic E-state index is 12.1. The third-order valence-corrected chi connectivity index (χ3v) is 3.46. The lowest BCUT2D eigenvalue weighted by Crippen LogP contribution is -2.56. The Kier molecular flexibility index (Phi) is 5.13. The van der Waals surface area contributed by atoms with Gasteiger partial charge in [0.1, 0.15) is 0 Å². The normalized spacial score (nSPS) is 16.7. The van der Waals surface area contributed by atoms with E-state index in [0.29, 0.717) is 12.8 Å². The summed E-state index contributed by atoms with van der Waals surface area (Å²) >= 11 is 0. The molecule has 18 heavy (non-hydrogen) atoms. The largest absolute Gasteiger partial charge is 0.481 e. The summed E-state index contributed by atoms with van der Waals surface area (Å²) in [5.41, 5.74) is -0.524. The minimum Gasteiger partial charge on any atom is -0.481 e. The minimum absolute atomic E-state index is 0.00758. The van der Waals surface area contributed by atoms with Gasteiger partial charge in [0.25, 0.3) is 0 Å². The Bertz CT molecular complexity index is 335. The van der Waals surface area contributed by atoms with Crippen LogP contribution in [-0.2, 0) is 9.59 Å². The number of rotatable bonds is 8. The zero-order chi connectivity index (χ0) is 13.6. The van der Waals surface area contributed by atoms with Crippen molar-refractivity contribution in [1.82, 2.24) is 5.32 Å². The van der Waals surface area contributed by atoms with Crippen LogP contribution in [0.5, 0.6) is 0 Å². The van der Waals surface area contributed by atoms with Crippen molar-refractivity contribution in [3.63, 3.8) is 0 Å². The highest BCUT2D eigenvalue weighted by Crippen LogP contribution is 2.35. The van der Waals surface area contributed by atoms with Gasteiger partial charge in [-0.05, 0) is 32.1 Å². The molecule has 4 heteroatoms. The van der Waals surface area contributed by atoms with E-state index >= 15 is 0 Å². The summed E-state index contributed by atoms with van der Waals surface area (Å²) in [7, 11) is 0.